The van der Waals surface area contributed by atoms with Crippen molar-refractivity contribution in [3.8, 4) is 0 Å². The maximum absolute atomic E-state index is 4.31. The molecular weight excluding hydrogens is 304 g/mol. The van der Waals surface area contributed by atoms with E-state index in [0.29, 0.717) is 6.04 Å². The minimum atomic E-state index is 0.348. The molecule has 0 aliphatic carbocycles. The van der Waals surface area contributed by atoms with Crippen LogP contribution in [0.2, 0.25) is 0 Å². The van der Waals surface area contributed by atoms with E-state index in [9.17, 15) is 0 Å². The van der Waals surface area contributed by atoms with Crippen LogP contribution in [0, 0.1) is 0 Å². The Morgan fingerprint density at radius 3 is 2.47 bits per heavy atom. The van der Waals surface area contributed by atoms with Crippen molar-refractivity contribution >= 4 is 33.3 Å². The van der Waals surface area contributed by atoms with Crippen LogP contribution in [0.25, 0.3) is 0 Å². The first-order chi connectivity index (χ1) is 9.06. The smallest absolute Gasteiger partial charge is 0.138 e. The van der Waals surface area contributed by atoms with E-state index in [-0.39, 0.29) is 0 Å². The van der Waals surface area contributed by atoms with E-state index in [1.165, 1.54) is 0 Å². The summed E-state index contributed by atoms with van der Waals surface area (Å²) in [6.45, 7) is 4.17. The molecule has 1 N–H and O–H groups in total. The Labute approximate surface area is 122 Å². The molecule has 100 valence electrons. The van der Waals surface area contributed by atoms with Gasteiger partial charge in [0.2, 0.25) is 0 Å². The van der Waals surface area contributed by atoms with Crippen LogP contribution >= 0.6 is 15.9 Å². The van der Waals surface area contributed by atoms with Crippen LogP contribution in [0.4, 0.5) is 17.3 Å². The van der Waals surface area contributed by atoms with Gasteiger partial charge in [-0.2, -0.15) is 0 Å². The predicted octanol–water partition coefficient (Wildman–Crippen LogP) is 3.83. The van der Waals surface area contributed by atoms with E-state index in [1.54, 1.807) is 6.33 Å². The molecule has 5 heteroatoms. The van der Waals surface area contributed by atoms with Gasteiger partial charge < -0.3 is 10.2 Å². The Kier molecular flexibility index (Phi) is 4.37. The predicted molar refractivity (Wildman–Crippen MR) is 83.0 cm³/mol. The molecule has 0 fully saturated rings. The van der Waals surface area contributed by atoms with Gasteiger partial charge in [0.1, 0.15) is 18.0 Å². The average molecular weight is 321 g/mol. The third-order valence-corrected chi connectivity index (χ3v) is 3.18. The maximum Gasteiger partial charge on any atom is 0.138 e. The number of hydrogen-bond donors (Lipinski definition) is 1. The fraction of sp³-hybridized carbons (Fsp3) is 0.286. The van der Waals surface area contributed by atoms with E-state index in [2.05, 4.69) is 45.1 Å². The Bertz CT molecular complexity index is 539. The van der Waals surface area contributed by atoms with Gasteiger partial charge in [0.05, 0.1) is 0 Å². The van der Waals surface area contributed by atoms with Crippen molar-refractivity contribution in [3.05, 3.63) is 41.1 Å². The fourth-order valence-corrected chi connectivity index (χ4v) is 1.97. The molecule has 0 atom stereocenters. The highest BCUT2D eigenvalue weighted by atomic mass is 79.9. The van der Waals surface area contributed by atoms with Gasteiger partial charge in [0, 0.05) is 29.3 Å². The zero-order valence-corrected chi connectivity index (χ0v) is 12.8. The lowest BCUT2D eigenvalue weighted by atomic mass is 10.3. The zero-order chi connectivity index (χ0) is 13.8. The van der Waals surface area contributed by atoms with Gasteiger partial charge in [-0.3, -0.25) is 0 Å². The van der Waals surface area contributed by atoms with Gasteiger partial charge >= 0.3 is 0 Å². The minimum Gasteiger partial charge on any atom is -0.368 e. The molecule has 1 heterocycles. The molecule has 0 aliphatic heterocycles. The van der Waals surface area contributed by atoms with Crippen molar-refractivity contribution in [3.63, 3.8) is 0 Å². The first-order valence-corrected chi connectivity index (χ1v) is 6.93. The fourth-order valence-electron chi connectivity index (χ4n) is 1.70. The Morgan fingerprint density at radius 2 is 1.84 bits per heavy atom. The summed E-state index contributed by atoms with van der Waals surface area (Å²) in [6, 6.07) is 10.4. The lowest BCUT2D eigenvalue weighted by Gasteiger charge is -2.19. The third kappa shape index (κ3) is 3.67. The largest absolute Gasteiger partial charge is 0.368 e. The van der Waals surface area contributed by atoms with Crippen molar-refractivity contribution in [2.24, 2.45) is 0 Å². The third-order valence-electron chi connectivity index (χ3n) is 2.65. The highest BCUT2D eigenvalue weighted by molar-refractivity contribution is 9.10. The Balaban J connectivity index is 2.23. The summed E-state index contributed by atoms with van der Waals surface area (Å²) in [4.78, 5) is 10.5. The number of rotatable bonds is 4. The number of benzene rings is 1. The molecule has 2 rings (SSSR count). The van der Waals surface area contributed by atoms with Gasteiger partial charge in [-0.05, 0) is 38.1 Å². The molecule has 2 aromatic rings. The maximum atomic E-state index is 4.31. The SMILES string of the molecule is CC(C)Nc1cc(N(C)c2ccc(Br)cc2)ncn1. The second kappa shape index (κ2) is 6.02. The van der Waals surface area contributed by atoms with Gasteiger partial charge in [-0.25, -0.2) is 9.97 Å². The molecule has 0 bridgehead atoms. The quantitative estimate of drug-likeness (QED) is 0.929. The summed E-state index contributed by atoms with van der Waals surface area (Å²) in [5, 5.41) is 3.28. The number of anilines is 3. The van der Waals surface area contributed by atoms with Crippen LogP contribution < -0.4 is 10.2 Å². The molecule has 0 radical (unpaired) electrons. The molecule has 19 heavy (non-hydrogen) atoms. The minimum absolute atomic E-state index is 0.348. The molecule has 0 saturated heterocycles. The summed E-state index contributed by atoms with van der Waals surface area (Å²) >= 11 is 3.44. The molecule has 4 nitrogen and oxygen atoms in total. The number of nitrogens with one attached hydrogen (secondary N) is 1. The summed E-state index contributed by atoms with van der Waals surface area (Å²) in [7, 11) is 1.99. The van der Waals surface area contributed by atoms with E-state index < -0.39 is 0 Å². The molecule has 0 saturated carbocycles. The van der Waals surface area contributed by atoms with Crippen molar-refractivity contribution in [2.45, 2.75) is 19.9 Å². The lowest BCUT2D eigenvalue weighted by molar-refractivity contribution is 0.885. The number of halogens is 1. The molecule has 1 aromatic heterocycles. The van der Waals surface area contributed by atoms with Gasteiger partial charge in [-0.1, -0.05) is 15.9 Å². The van der Waals surface area contributed by atoms with Crippen molar-refractivity contribution in [2.75, 3.05) is 17.3 Å². The van der Waals surface area contributed by atoms with Gasteiger partial charge in [0.15, 0.2) is 0 Å². The molecule has 0 aliphatic rings. The normalized spacial score (nSPS) is 10.6. The average Bonchev–Trinajstić information content (AvgIpc) is 2.38. The van der Waals surface area contributed by atoms with Crippen molar-refractivity contribution in [1.82, 2.24) is 9.97 Å². The molecule has 0 spiro atoms. The summed E-state index contributed by atoms with van der Waals surface area (Å²) in [5.74, 6) is 1.70. The summed E-state index contributed by atoms with van der Waals surface area (Å²) in [5.41, 5.74) is 1.08. The van der Waals surface area contributed by atoms with Gasteiger partial charge in [0.25, 0.3) is 0 Å². The van der Waals surface area contributed by atoms with Gasteiger partial charge in [-0.15, -0.1) is 0 Å². The van der Waals surface area contributed by atoms with E-state index in [4.69, 9.17) is 0 Å². The van der Waals surface area contributed by atoms with E-state index >= 15 is 0 Å². The second-order valence-electron chi connectivity index (χ2n) is 4.60. The van der Waals surface area contributed by atoms with Crippen LogP contribution in [-0.2, 0) is 0 Å². The lowest BCUT2D eigenvalue weighted by Crippen LogP contribution is -2.14. The van der Waals surface area contributed by atoms with Crippen LogP contribution in [0.5, 0.6) is 0 Å². The number of aromatic nitrogens is 2. The number of nitrogens with zero attached hydrogens (tertiary/aromatic N) is 3. The summed E-state index contributed by atoms with van der Waals surface area (Å²) < 4.78 is 1.06. The van der Waals surface area contributed by atoms with Crippen LogP contribution in [0.15, 0.2) is 41.1 Å². The van der Waals surface area contributed by atoms with Crippen LogP contribution in [0.3, 0.4) is 0 Å². The molecule has 0 amide bonds. The van der Waals surface area contributed by atoms with Crippen LogP contribution in [-0.4, -0.2) is 23.1 Å². The number of hydrogen-bond acceptors (Lipinski definition) is 4. The van der Waals surface area contributed by atoms with Crippen molar-refractivity contribution in [1.29, 1.82) is 0 Å². The highest BCUT2D eigenvalue weighted by Crippen LogP contribution is 2.24. The second-order valence-corrected chi connectivity index (χ2v) is 5.51. The Morgan fingerprint density at radius 1 is 1.16 bits per heavy atom. The molecular formula is C14H17BrN4. The van der Waals surface area contributed by atoms with E-state index in [1.807, 2.05) is 42.3 Å². The first kappa shape index (κ1) is 13.8. The molecule has 0 unspecified atom stereocenters. The van der Waals surface area contributed by atoms with Crippen molar-refractivity contribution < 1.29 is 0 Å². The zero-order valence-electron chi connectivity index (χ0n) is 11.3. The van der Waals surface area contributed by atoms with E-state index in [0.717, 1.165) is 21.8 Å². The first-order valence-electron chi connectivity index (χ1n) is 6.14. The molecule has 1 aromatic carbocycles. The Hall–Kier alpha value is -1.62. The summed E-state index contributed by atoms with van der Waals surface area (Å²) in [6.07, 6.45) is 1.58. The standard InChI is InChI=1S/C14H17BrN4/c1-10(2)18-13-8-14(17-9-16-13)19(3)12-6-4-11(15)5-7-12/h4-10H,1-3H3,(H,16,17,18). The monoisotopic (exact) mass is 320 g/mol. The van der Waals surface area contributed by atoms with Crippen LogP contribution in [0.1, 0.15) is 13.8 Å². The highest BCUT2D eigenvalue weighted by Gasteiger charge is 2.07. The topological polar surface area (TPSA) is 41.0 Å².